The molecule has 0 saturated carbocycles. The first-order valence-electron chi connectivity index (χ1n) is 5.87. The molecule has 0 spiro atoms. The smallest absolute Gasteiger partial charge is 0.253 e. The second-order valence-corrected chi connectivity index (χ2v) is 3.97. The van der Waals surface area contributed by atoms with E-state index in [1.807, 2.05) is 23.0 Å². The normalized spacial score (nSPS) is 10.2. The standard InChI is InChI=1S/C13H16N4O/c14-12-6-2-1-5-11(12)13(18)15-7-3-9-17-10-4-8-16-17/h1-2,4-6,8,10H,3,7,9,14H2,(H,15,18). The summed E-state index contributed by atoms with van der Waals surface area (Å²) in [6.45, 7) is 1.39. The molecule has 0 saturated heterocycles. The lowest BCUT2D eigenvalue weighted by atomic mass is 10.1. The summed E-state index contributed by atoms with van der Waals surface area (Å²) in [6, 6.07) is 8.93. The highest BCUT2D eigenvalue weighted by Crippen LogP contribution is 2.09. The van der Waals surface area contributed by atoms with Gasteiger partial charge in [-0.2, -0.15) is 5.10 Å². The number of carbonyl (C=O) groups is 1. The number of nitrogens with two attached hydrogens (primary N) is 1. The zero-order valence-corrected chi connectivity index (χ0v) is 10.0. The van der Waals surface area contributed by atoms with Gasteiger partial charge in [-0.3, -0.25) is 9.48 Å². The van der Waals surface area contributed by atoms with Gasteiger partial charge in [-0.1, -0.05) is 12.1 Å². The fraction of sp³-hybridized carbons (Fsp3) is 0.231. The minimum absolute atomic E-state index is 0.131. The second kappa shape index (κ2) is 5.86. The number of carbonyl (C=O) groups excluding carboxylic acids is 1. The van der Waals surface area contributed by atoms with Gasteiger partial charge in [-0.15, -0.1) is 0 Å². The van der Waals surface area contributed by atoms with Crippen molar-refractivity contribution in [1.29, 1.82) is 0 Å². The fourth-order valence-electron chi connectivity index (χ4n) is 1.67. The molecular weight excluding hydrogens is 228 g/mol. The molecule has 0 aliphatic rings. The Morgan fingerprint density at radius 2 is 2.17 bits per heavy atom. The van der Waals surface area contributed by atoms with Crippen LogP contribution in [0.2, 0.25) is 0 Å². The highest BCUT2D eigenvalue weighted by Gasteiger charge is 2.07. The molecule has 94 valence electrons. The maximum Gasteiger partial charge on any atom is 0.253 e. The van der Waals surface area contributed by atoms with Crippen LogP contribution in [0.1, 0.15) is 16.8 Å². The lowest BCUT2D eigenvalue weighted by Crippen LogP contribution is -2.26. The molecule has 18 heavy (non-hydrogen) atoms. The van der Waals surface area contributed by atoms with Gasteiger partial charge in [-0.25, -0.2) is 0 Å². The number of para-hydroxylation sites is 1. The van der Waals surface area contributed by atoms with Crippen LogP contribution in [0.15, 0.2) is 42.7 Å². The van der Waals surface area contributed by atoms with Crippen LogP contribution < -0.4 is 11.1 Å². The predicted molar refractivity (Wildman–Crippen MR) is 70.0 cm³/mol. The van der Waals surface area contributed by atoms with Gasteiger partial charge in [0.15, 0.2) is 0 Å². The lowest BCUT2D eigenvalue weighted by molar-refractivity contribution is 0.0953. The van der Waals surface area contributed by atoms with Crippen LogP contribution in [0.25, 0.3) is 0 Å². The number of amides is 1. The van der Waals surface area contributed by atoms with Gasteiger partial charge in [0, 0.05) is 31.2 Å². The number of hydrogen-bond acceptors (Lipinski definition) is 3. The first-order valence-corrected chi connectivity index (χ1v) is 5.87. The highest BCUT2D eigenvalue weighted by atomic mass is 16.1. The minimum Gasteiger partial charge on any atom is -0.398 e. The Bertz CT molecular complexity index is 507. The van der Waals surface area contributed by atoms with Gasteiger partial charge in [0.1, 0.15) is 0 Å². The van der Waals surface area contributed by atoms with Gasteiger partial charge in [0.2, 0.25) is 0 Å². The third-order valence-electron chi connectivity index (χ3n) is 2.61. The van der Waals surface area contributed by atoms with Crippen LogP contribution in [0, 0.1) is 0 Å². The van der Waals surface area contributed by atoms with E-state index in [0.717, 1.165) is 13.0 Å². The van der Waals surface area contributed by atoms with Gasteiger partial charge < -0.3 is 11.1 Å². The molecule has 5 nitrogen and oxygen atoms in total. The first kappa shape index (κ1) is 12.2. The summed E-state index contributed by atoms with van der Waals surface area (Å²) in [4.78, 5) is 11.8. The van der Waals surface area contributed by atoms with E-state index in [9.17, 15) is 4.79 Å². The van der Waals surface area contributed by atoms with Crippen molar-refractivity contribution in [1.82, 2.24) is 15.1 Å². The van der Waals surface area contributed by atoms with E-state index in [2.05, 4.69) is 10.4 Å². The number of hydrogen-bond donors (Lipinski definition) is 2. The number of rotatable bonds is 5. The zero-order chi connectivity index (χ0) is 12.8. The SMILES string of the molecule is Nc1ccccc1C(=O)NCCCn1cccn1. The average molecular weight is 244 g/mol. The maximum absolute atomic E-state index is 11.8. The van der Waals surface area contributed by atoms with E-state index in [4.69, 9.17) is 5.73 Å². The number of benzene rings is 1. The number of anilines is 1. The molecule has 0 aliphatic heterocycles. The van der Waals surface area contributed by atoms with Crippen molar-refractivity contribution in [3.8, 4) is 0 Å². The Balaban J connectivity index is 1.77. The Morgan fingerprint density at radius 1 is 1.33 bits per heavy atom. The summed E-state index contributed by atoms with van der Waals surface area (Å²) < 4.78 is 1.84. The molecule has 1 amide bonds. The molecular formula is C13H16N4O. The molecule has 1 aromatic carbocycles. The van der Waals surface area contributed by atoms with E-state index in [-0.39, 0.29) is 5.91 Å². The number of nitrogens with zero attached hydrogens (tertiary/aromatic N) is 2. The van der Waals surface area contributed by atoms with Gasteiger partial charge >= 0.3 is 0 Å². The highest BCUT2D eigenvalue weighted by molar-refractivity contribution is 5.98. The van der Waals surface area contributed by atoms with Crippen molar-refractivity contribution >= 4 is 11.6 Å². The molecule has 1 aromatic heterocycles. The first-order chi connectivity index (χ1) is 8.77. The summed E-state index contributed by atoms with van der Waals surface area (Å²) in [5.41, 5.74) is 6.75. The number of aryl methyl sites for hydroxylation is 1. The number of aromatic nitrogens is 2. The molecule has 1 heterocycles. The Labute approximate surface area is 106 Å². The van der Waals surface area contributed by atoms with E-state index >= 15 is 0 Å². The van der Waals surface area contributed by atoms with Crippen molar-refractivity contribution in [3.63, 3.8) is 0 Å². The average Bonchev–Trinajstić information content (AvgIpc) is 2.88. The van der Waals surface area contributed by atoms with Crippen LogP contribution in [0.3, 0.4) is 0 Å². The van der Waals surface area contributed by atoms with Gasteiger partial charge in [-0.05, 0) is 24.6 Å². The molecule has 0 fully saturated rings. The van der Waals surface area contributed by atoms with Crippen LogP contribution in [-0.2, 0) is 6.54 Å². The van der Waals surface area contributed by atoms with Crippen molar-refractivity contribution in [2.45, 2.75) is 13.0 Å². The van der Waals surface area contributed by atoms with Crippen LogP contribution >= 0.6 is 0 Å². The third-order valence-corrected chi connectivity index (χ3v) is 2.61. The molecule has 0 aliphatic carbocycles. The number of nitrogens with one attached hydrogen (secondary N) is 1. The van der Waals surface area contributed by atoms with E-state index in [0.29, 0.717) is 17.8 Å². The molecule has 2 rings (SSSR count). The molecule has 0 atom stereocenters. The molecule has 3 N–H and O–H groups in total. The monoisotopic (exact) mass is 244 g/mol. The Morgan fingerprint density at radius 3 is 2.89 bits per heavy atom. The zero-order valence-electron chi connectivity index (χ0n) is 10.0. The second-order valence-electron chi connectivity index (χ2n) is 3.97. The van der Waals surface area contributed by atoms with Crippen molar-refractivity contribution in [2.24, 2.45) is 0 Å². The van der Waals surface area contributed by atoms with Crippen LogP contribution in [0.5, 0.6) is 0 Å². The van der Waals surface area contributed by atoms with Crippen molar-refractivity contribution < 1.29 is 4.79 Å². The third kappa shape index (κ3) is 3.10. The topological polar surface area (TPSA) is 72.9 Å². The van der Waals surface area contributed by atoms with Crippen LogP contribution in [0.4, 0.5) is 5.69 Å². The Hall–Kier alpha value is -2.30. The molecule has 5 heteroatoms. The summed E-state index contributed by atoms with van der Waals surface area (Å²) in [5.74, 6) is -0.131. The summed E-state index contributed by atoms with van der Waals surface area (Å²) >= 11 is 0. The van der Waals surface area contributed by atoms with E-state index in [1.54, 1.807) is 24.4 Å². The number of nitrogen functional groups attached to an aromatic ring is 1. The molecule has 2 aromatic rings. The largest absolute Gasteiger partial charge is 0.398 e. The molecule has 0 unspecified atom stereocenters. The molecule has 0 bridgehead atoms. The maximum atomic E-state index is 11.8. The van der Waals surface area contributed by atoms with Gasteiger partial charge in [0.05, 0.1) is 5.56 Å². The minimum atomic E-state index is -0.131. The van der Waals surface area contributed by atoms with Gasteiger partial charge in [0.25, 0.3) is 5.91 Å². The van der Waals surface area contributed by atoms with E-state index < -0.39 is 0 Å². The quantitative estimate of drug-likeness (QED) is 0.614. The molecule has 0 radical (unpaired) electrons. The Kier molecular flexibility index (Phi) is 3.96. The summed E-state index contributed by atoms with van der Waals surface area (Å²) in [6.07, 6.45) is 4.47. The fourth-order valence-corrected chi connectivity index (χ4v) is 1.67. The van der Waals surface area contributed by atoms with Crippen LogP contribution in [-0.4, -0.2) is 22.2 Å². The summed E-state index contributed by atoms with van der Waals surface area (Å²) in [7, 11) is 0. The van der Waals surface area contributed by atoms with Crippen molar-refractivity contribution in [2.75, 3.05) is 12.3 Å². The van der Waals surface area contributed by atoms with Crippen molar-refractivity contribution in [3.05, 3.63) is 48.3 Å². The lowest BCUT2D eigenvalue weighted by Gasteiger charge is -2.07. The van der Waals surface area contributed by atoms with E-state index in [1.165, 1.54) is 0 Å². The summed E-state index contributed by atoms with van der Waals surface area (Å²) in [5, 5.41) is 6.93. The predicted octanol–water partition coefficient (Wildman–Crippen LogP) is 1.29.